The molecule has 0 unspecified atom stereocenters. The summed E-state index contributed by atoms with van der Waals surface area (Å²) < 4.78 is 24.6. The normalized spacial score (nSPS) is 10.5. The van der Waals surface area contributed by atoms with Crippen LogP contribution in [0.3, 0.4) is 0 Å². The van der Waals surface area contributed by atoms with Gasteiger partial charge in [0.2, 0.25) is 11.8 Å². The molecule has 1 amide bonds. The van der Waals surface area contributed by atoms with Gasteiger partial charge in [0.1, 0.15) is 18.2 Å². The van der Waals surface area contributed by atoms with E-state index in [9.17, 15) is 9.18 Å². The molecule has 0 saturated carbocycles. The van der Waals surface area contributed by atoms with Crippen molar-refractivity contribution in [3.63, 3.8) is 0 Å². The highest BCUT2D eigenvalue weighted by Crippen LogP contribution is 2.21. The fourth-order valence-corrected chi connectivity index (χ4v) is 2.94. The number of rotatable bonds is 9. The van der Waals surface area contributed by atoms with Gasteiger partial charge in [-0.15, -0.1) is 10.2 Å². The van der Waals surface area contributed by atoms with E-state index in [-0.39, 0.29) is 36.1 Å². The molecule has 8 heteroatoms. The number of hydrogen-bond acceptors (Lipinski definition) is 5. The van der Waals surface area contributed by atoms with Crippen molar-refractivity contribution in [3.05, 3.63) is 71.0 Å². The fraction of sp³-hybridized carbons (Fsp3) is 0.227. The Morgan fingerprint density at radius 1 is 1.07 bits per heavy atom. The number of carbonyl (C=O) groups excluding carboxylic acids is 1. The Bertz CT molecular complexity index is 962. The van der Waals surface area contributed by atoms with Crippen LogP contribution < -0.4 is 14.8 Å². The first-order valence-electron chi connectivity index (χ1n) is 9.46. The zero-order chi connectivity index (χ0) is 21.3. The number of aromatic nitrogens is 2. The molecule has 3 rings (SSSR count). The summed E-state index contributed by atoms with van der Waals surface area (Å²) in [5.74, 6) is 0.295. The summed E-state index contributed by atoms with van der Waals surface area (Å²) in [6, 6.07) is 15.4. The Balaban J connectivity index is 1.44. The molecule has 2 aromatic carbocycles. The molecule has 0 aliphatic heterocycles. The zero-order valence-corrected chi connectivity index (χ0v) is 17.2. The van der Waals surface area contributed by atoms with Gasteiger partial charge in [0.05, 0.1) is 25.3 Å². The number of halogens is 2. The van der Waals surface area contributed by atoms with E-state index in [2.05, 4.69) is 15.5 Å². The second-order valence-corrected chi connectivity index (χ2v) is 6.70. The van der Waals surface area contributed by atoms with Crippen LogP contribution in [0, 0.1) is 5.82 Å². The van der Waals surface area contributed by atoms with E-state index >= 15 is 0 Å². The summed E-state index contributed by atoms with van der Waals surface area (Å²) in [5.41, 5.74) is 1.80. The van der Waals surface area contributed by atoms with Crippen molar-refractivity contribution in [1.29, 1.82) is 0 Å². The van der Waals surface area contributed by atoms with Gasteiger partial charge in [-0.2, -0.15) is 0 Å². The Kier molecular flexibility index (Phi) is 7.57. The summed E-state index contributed by atoms with van der Waals surface area (Å²) in [4.78, 5) is 12.0. The second-order valence-electron chi connectivity index (χ2n) is 6.29. The molecule has 0 spiro atoms. The third kappa shape index (κ3) is 5.90. The van der Waals surface area contributed by atoms with Gasteiger partial charge in [-0.25, -0.2) is 4.39 Å². The van der Waals surface area contributed by atoms with E-state index < -0.39 is 5.82 Å². The van der Waals surface area contributed by atoms with E-state index in [1.807, 2.05) is 31.2 Å². The first-order valence-corrected chi connectivity index (χ1v) is 9.84. The molecule has 156 valence electrons. The number of carbonyl (C=O) groups is 1. The average molecular weight is 430 g/mol. The molecule has 0 radical (unpaired) electrons. The van der Waals surface area contributed by atoms with Gasteiger partial charge in [-0.1, -0.05) is 17.7 Å². The van der Waals surface area contributed by atoms with Crippen LogP contribution in [0.15, 0.2) is 54.6 Å². The van der Waals surface area contributed by atoms with E-state index in [1.165, 1.54) is 12.1 Å². The second kappa shape index (κ2) is 10.5. The predicted molar refractivity (Wildman–Crippen MR) is 112 cm³/mol. The van der Waals surface area contributed by atoms with Crippen LogP contribution in [-0.2, 0) is 11.2 Å². The smallest absolute Gasteiger partial charge is 0.233 e. The Labute approximate surface area is 179 Å². The topological polar surface area (TPSA) is 73.3 Å². The van der Waals surface area contributed by atoms with Gasteiger partial charge in [0, 0.05) is 22.2 Å². The maximum absolute atomic E-state index is 13.7. The molecule has 1 aromatic heterocycles. The first-order chi connectivity index (χ1) is 14.6. The molecule has 0 atom stereocenters. The molecular weight excluding hydrogens is 409 g/mol. The summed E-state index contributed by atoms with van der Waals surface area (Å²) in [7, 11) is 0. The molecule has 0 saturated heterocycles. The van der Waals surface area contributed by atoms with Crippen molar-refractivity contribution >= 4 is 17.5 Å². The summed E-state index contributed by atoms with van der Waals surface area (Å²) in [6.45, 7) is 2.99. The molecule has 6 nitrogen and oxygen atoms in total. The predicted octanol–water partition coefficient (Wildman–Crippen LogP) is 4.07. The number of amides is 1. The minimum atomic E-state index is -0.503. The Morgan fingerprint density at radius 2 is 1.87 bits per heavy atom. The number of nitrogens with one attached hydrogen (secondary N) is 1. The van der Waals surface area contributed by atoms with Gasteiger partial charge < -0.3 is 14.8 Å². The molecule has 3 aromatic rings. The van der Waals surface area contributed by atoms with E-state index in [1.54, 1.807) is 18.2 Å². The van der Waals surface area contributed by atoms with Crippen LogP contribution in [0.1, 0.15) is 12.5 Å². The molecule has 0 fully saturated rings. The zero-order valence-electron chi connectivity index (χ0n) is 16.4. The van der Waals surface area contributed by atoms with Crippen LogP contribution in [0.4, 0.5) is 4.39 Å². The lowest BCUT2D eigenvalue weighted by molar-refractivity contribution is -0.120. The maximum atomic E-state index is 13.7. The van der Waals surface area contributed by atoms with Gasteiger partial charge in [-0.3, -0.25) is 4.79 Å². The van der Waals surface area contributed by atoms with Crippen molar-refractivity contribution in [1.82, 2.24) is 15.5 Å². The van der Waals surface area contributed by atoms with Crippen LogP contribution in [0.2, 0.25) is 5.02 Å². The highest BCUT2D eigenvalue weighted by Gasteiger charge is 2.11. The SMILES string of the molecule is CCOc1ccc(-c2ccc(OCCNC(=O)Cc3c(F)cccc3Cl)nn2)cc1. The number of hydrogen-bond donors (Lipinski definition) is 1. The highest BCUT2D eigenvalue weighted by atomic mass is 35.5. The third-order valence-corrected chi connectivity index (χ3v) is 4.53. The van der Waals surface area contributed by atoms with E-state index in [4.69, 9.17) is 21.1 Å². The van der Waals surface area contributed by atoms with Crippen LogP contribution in [-0.4, -0.2) is 35.9 Å². The summed E-state index contributed by atoms with van der Waals surface area (Å²) in [6.07, 6.45) is -0.137. The van der Waals surface area contributed by atoms with Gasteiger partial charge in [-0.05, 0) is 49.4 Å². The summed E-state index contributed by atoms with van der Waals surface area (Å²) in [5, 5.41) is 11.1. The Hall–Kier alpha value is -3.19. The molecule has 1 heterocycles. The molecule has 0 aliphatic rings. The minimum absolute atomic E-state index is 0.137. The average Bonchev–Trinajstić information content (AvgIpc) is 2.75. The maximum Gasteiger partial charge on any atom is 0.233 e. The first kappa shape index (κ1) is 21.5. The molecule has 1 N–H and O–H groups in total. The number of nitrogens with zero attached hydrogens (tertiary/aromatic N) is 2. The largest absolute Gasteiger partial charge is 0.494 e. The van der Waals surface area contributed by atoms with Crippen molar-refractivity contribution in [2.24, 2.45) is 0 Å². The molecule has 0 aliphatic carbocycles. The minimum Gasteiger partial charge on any atom is -0.494 e. The Morgan fingerprint density at radius 3 is 2.53 bits per heavy atom. The van der Waals surface area contributed by atoms with Gasteiger partial charge in [0.25, 0.3) is 0 Å². The molecule has 0 bridgehead atoms. The number of benzene rings is 2. The van der Waals surface area contributed by atoms with Gasteiger partial charge in [0.15, 0.2) is 0 Å². The van der Waals surface area contributed by atoms with Crippen LogP contribution in [0.25, 0.3) is 11.3 Å². The lowest BCUT2D eigenvalue weighted by atomic mass is 10.1. The monoisotopic (exact) mass is 429 g/mol. The molecule has 30 heavy (non-hydrogen) atoms. The van der Waals surface area contributed by atoms with Crippen LogP contribution in [0.5, 0.6) is 11.6 Å². The lowest BCUT2D eigenvalue weighted by Crippen LogP contribution is -2.29. The summed E-state index contributed by atoms with van der Waals surface area (Å²) >= 11 is 5.93. The number of ether oxygens (including phenoxy) is 2. The third-order valence-electron chi connectivity index (χ3n) is 4.17. The van der Waals surface area contributed by atoms with Crippen molar-refractivity contribution in [2.45, 2.75) is 13.3 Å². The van der Waals surface area contributed by atoms with E-state index in [0.717, 1.165) is 11.3 Å². The quantitative estimate of drug-likeness (QED) is 0.519. The van der Waals surface area contributed by atoms with Crippen molar-refractivity contribution in [3.8, 4) is 22.9 Å². The standard InChI is InChI=1S/C22H21ClFN3O3/c1-2-29-16-8-6-15(7-9-16)20-10-11-22(27-26-20)30-13-12-25-21(28)14-17-18(23)4-3-5-19(17)24/h3-11H,2,12-14H2,1H3,(H,25,28). The van der Waals surface area contributed by atoms with Gasteiger partial charge >= 0.3 is 0 Å². The highest BCUT2D eigenvalue weighted by molar-refractivity contribution is 6.31. The fourth-order valence-electron chi connectivity index (χ4n) is 2.71. The van der Waals surface area contributed by atoms with Crippen LogP contribution >= 0.6 is 11.6 Å². The van der Waals surface area contributed by atoms with E-state index in [0.29, 0.717) is 18.2 Å². The van der Waals surface area contributed by atoms with Crippen molar-refractivity contribution in [2.75, 3.05) is 19.8 Å². The lowest BCUT2D eigenvalue weighted by Gasteiger charge is -2.09. The van der Waals surface area contributed by atoms with Crippen molar-refractivity contribution < 1.29 is 18.7 Å². The molecular formula is C22H21ClFN3O3.